The van der Waals surface area contributed by atoms with Gasteiger partial charge in [0.2, 0.25) is 0 Å². The lowest BCUT2D eigenvalue weighted by atomic mass is 9.99. The molecule has 0 bridgehead atoms. The number of fused-ring (bicyclic) bond motifs is 6. The molecule has 0 amide bonds. The van der Waals surface area contributed by atoms with Crippen LogP contribution in [0.15, 0.2) is 221 Å². The summed E-state index contributed by atoms with van der Waals surface area (Å²) in [6, 6.07) is 75.1. The fraction of sp³-hybridized carbons (Fsp3) is 0. The molecular weight excluding hydrogens is 695 g/mol. The van der Waals surface area contributed by atoms with Gasteiger partial charge in [-0.25, -0.2) is 0 Å². The number of nitrogens with zero attached hydrogens (tertiary/aromatic N) is 1. The van der Waals surface area contributed by atoms with Crippen molar-refractivity contribution in [2.75, 3.05) is 4.90 Å². The van der Waals surface area contributed by atoms with Gasteiger partial charge in [-0.1, -0.05) is 152 Å². The third-order valence-corrected chi connectivity index (χ3v) is 11.1. The van der Waals surface area contributed by atoms with E-state index in [2.05, 4.69) is 199 Å². The molecule has 0 saturated carbocycles. The Balaban J connectivity index is 0.967. The van der Waals surface area contributed by atoms with E-state index in [1.165, 1.54) is 22.3 Å². The Bertz CT molecular complexity index is 3200. The van der Waals surface area contributed by atoms with E-state index in [0.29, 0.717) is 0 Å². The van der Waals surface area contributed by atoms with E-state index in [0.717, 1.165) is 83.2 Å². The second-order valence-electron chi connectivity index (χ2n) is 14.5. The van der Waals surface area contributed by atoms with Crippen LogP contribution in [0.5, 0.6) is 0 Å². The SMILES string of the molecule is c1ccc(-c2ccc(-c3ccc(N(c4ccc(-c5ccc6oc7c(-c8ccccc8)cccc7c6c5)cc4)c4ccc5oc6ccccc6c5c4)cc3)cc2)cc1. The van der Waals surface area contributed by atoms with Crippen molar-refractivity contribution in [3.05, 3.63) is 212 Å². The zero-order chi connectivity index (χ0) is 37.7. The molecule has 0 saturated heterocycles. The molecule has 3 nitrogen and oxygen atoms in total. The molecule has 0 aliphatic heterocycles. The van der Waals surface area contributed by atoms with Crippen LogP contribution in [0.25, 0.3) is 88.4 Å². The monoisotopic (exact) mass is 729 g/mol. The smallest absolute Gasteiger partial charge is 0.143 e. The lowest BCUT2D eigenvalue weighted by molar-refractivity contribution is 0.669. The van der Waals surface area contributed by atoms with Gasteiger partial charge in [-0.05, 0) is 99.6 Å². The predicted octanol–water partition coefficient (Wildman–Crippen LogP) is 15.6. The van der Waals surface area contributed by atoms with Crippen molar-refractivity contribution in [1.82, 2.24) is 0 Å². The van der Waals surface area contributed by atoms with E-state index in [1.54, 1.807) is 0 Å². The summed E-state index contributed by atoms with van der Waals surface area (Å²) in [5.74, 6) is 0. The average Bonchev–Trinajstić information content (AvgIpc) is 3.86. The van der Waals surface area contributed by atoms with E-state index in [-0.39, 0.29) is 0 Å². The van der Waals surface area contributed by atoms with Crippen molar-refractivity contribution < 1.29 is 8.83 Å². The number of hydrogen-bond donors (Lipinski definition) is 0. The first-order valence-corrected chi connectivity index (χ1v) is 19.3. The van der Waals surface area contributed by atoms with Gasteiger partial charge in [0.15, 0.2) is 0 Å². The van der Waals surface area contributed by atoms with Gasteiger partial charge in [-0.15, -0.1) is 0 Å². The van der Waals surface area contributed by atoms with E-state index in [1.807, 2.05) is 18.2 Å². The number of rotatable bonds is 7. The third-order valence-electron chi connectivity index (χ3n) is 11.1. The molecule has 0 atom stereocenters. The Hall–Kier alpha value is -7.62. The molecule has 0 aliphatic rings. The van der Waals surface area contributed by atoms with Crippen LogP contribution in [0.3, 0.4) is 0 Å². The summed E-state index contributed by atoms with van der Waals surface area (Å²) >= 11 is 0. The number of benzene rings is 9. The molecule has 2 aromatic heterocycles. The number of furan rings is 2. The molecule has 2 heterocycles. The first-order valence-electron chi connectivity index (χ1n) is 19.3. The van der Waals surface area contributed by atoms with Gasteiger partial charge in [0, 0.05) is 44.2 Å². The van der Waals surface area contributed by atoms with Crippen LogP contribution >= 0.6 is 0 Å². The summed E-state index contributed by atoms with van der Waals surface area (Å²) in [5.41, 5.74) is 16.1. The van der Waals surface area contributed by atoms with Crippen LogP contribution in [0.4, 0.5) is 17.1 Å². The summed E-state index contributed by atoms with van der Waals surface area (Å²) in [4.78, 5) is 2.32. The molecule has 268 valence electrons. The van der Waals surface area contributed by atoms with Crippen LogP contribution in [0.1, 0.15) is 0 Å². The molecule has 0 fully saturated rings. The van der Waals surface area contributed by atoms with Crippen LogP contribution in [0, 0.1) is 0 Å². The molecule has 57 heavy (non-hydrogen) atoms. The molecule has 0 spiro atoms. The van der Waals surface area contributed by atoms with Gasteiger partial charge in [0.1, 0.15) is 22.3 Å². The Labute approximate surface area is 330 Å². The molecular formula is C54H35NO2. The fourth-order valence-electron chi connectivity index (χ4n) is 8.22. The van der Waals surface area contributed by atoms with Gasteiger partial charge >= 0.3 is 0 Å². The Kier molecular flexibility index (Phi) is 7.82. The van der Waals surface area contributed by atoms with Gasteiger partial charge in [-0.2, -0.15) is 0 Å². The van der Waals surface area contributed by atoms with E-state index in [9.17, 15) is 0 Å². The van der Waals surface area contributed by atoms with Crippen LogP contribution < -0.4 is 4.90 Å². The number of hydrogen-bond acceptors (Lipinski definition) is 3. The Morgan fingerprint density at radius 1 is 0.263 bits per heavy atom. The second kappa shape index (κ2) is 13.6. The zero-order valence-electron chi connectivity index (χ0n) is 31.0. The van der Waals surface area contributed by atoms with Crippen LogP contribution in [-0.4, -0.2) is 0 Å². The first kappa shape index (κ1) is 32.8. The number of para-hydroxylation sites is 2. The molecule has 11 rings (SSSR count). The molecule has 0 aliphatic carbocycles. The van der Waals surface area contributed by atoms with Crippen molar-refractivity contribution in [3.8, 4) is 44.5 Å². The second-order valence-corrected chi connectivity index (χ2v) is 14.5. The maximum absolute atomic E-state index is 6.48. The highest BCUT2D eigenvalue weighted by Crippen LogP contribution is 2.41. The Morgan fingerprint density at radius 2 is 0.719 bits per heavy atom. The fourth-order valence-corrected chi connectivity index (χ4v) is 8.22. The van der Waals surface area contributed by atoms with Crippen LogP contribution in [-0.2, 0) is 0 Å². The van der Waals surface area contributed by atoms with Crippen molar-refractivity contribution in [2.24, 2.45) is 0 Å². The minimum atomic E-state index is 0.877. The summed E-state index contributed by atoms with van der Waals surface area (Å²) in [7, 11) is 0. The van der Waals surface area contributed by atoms with Crippen molar-refractivity contribution in [3.63, 3.8) is 0 Å². The normalized spacial score (nSPS) is 11.5. The minimum Gasteiger partial charge on any atom is -0.456 e. The van der Waals surface area contributed by atoms with Gasteiger partial charge in [-0.3, -0.25) is 0 Å². The van der Waals surface area contributed by atoms with Gasteiger partial charge in [0.05, 0.1) is 0 Å². The molecule has 0 N–H and O–H groups in total. The van der Waals surface area contributed by atoms with Gasteiger partial charge < -0.3 is 13.7 Å². The lowest BCUT2D eigenvalue weighted by Crippen LogP contribution is -2.09. The highest BCUT2D eigenvalue weighted by Gasteiger charge is 2.17. The molecule has 3 heteroatoms. The quantitative estimate of drug-likeness (QED) is 0.164. The summed E-state index contributed by atoms with van der Waals surface area (Å²) in [6.45, 7) is 0. The predicted molar refractivity (Wildman–Crippen MR) is 237 cm³/mol. The summed E-state index contributed by atoms with van der Waals surface area (Å²) in [6.07, 6.45) is 0. The maximum Gasteiger partial charge on any atom is 0.143 e. The molecule has 9 aromatic carbocycles. The van der Waals surface area contributed by atoms with Crippen molar-refractivity contribution in [2.45, 2.75) is 0 Å². The third kappa shape index (κ3) is 5.85. The highest BCUT2D eigenvalue weighted by molar-refractivity contribution is 6.11. The molecule has 0 radical (unpaired) electrons. The lowest BCUT2D eigenvalue weighted by Gasteiger charge is -2.26. The highest BCUT2D eigenvalue weighted by atomic mass is 16.3. The standard InChI is InChI=1S/C54H35NO2/c1-3-10-36(11-4-1)37-18-20-38(21-19-37)39-22-27-43(28-23-39)55(45-31-33-52-50(35-45)47-14-7-8-17-51(47)56-52)44-29-24-40(25-30-44)42-26-32-53-49(34-42)48-16-9-15-46(54(48)57-53)41-12-5-2-6-13-41/h1-35H. The minimum absolute atomic E-state index is 0.877. The van der Waals surface area contributed by atoms with Crippen LogP contribution in [0.2, 0.25) is 0 Å². The topological polar surface area (TPSA) is 29.5 Å². The summed E-state index contributed by atoms with van der Waals surface area (Å²) in [5, 5.41) is 4.43. The van der Waals surface area contributed by atoms with E-state index < -0.39 is 0 Å². The molecule has 0 unspecified atom stereocenters. The average molecular weight is 730 g/mol. The van der Waals surface area contributed by atoms with E-state index >= 15 is 0 Å². The summed E-state index contributed by atoms with van der Waals surface area (Å²) < 4.78 is 12.7. The molecule has 11 aromatic rings. The van der Waals surface area contributed by atoms with Crippen molar-refractivity contribution in [1.29, 1.82) is 0 Å². The van der Waals surface area contributed by atoms with E-state index in [4.69, 9.17) is 8.83 Å². The zero-order valence-corrected chi connectivity index (χ0v) is 31.0. The number of anilines is 3. The first-order chi connectivity index (χ1) is 28.2. The van der Waals surface area contributed by atoms with Crippen molar-refractivity contribution >= 4 is 60.9 Å². The Morgan fingerprint density at radius 3 is 1.40 bits per heavy atom. The van der Waals surface area contributed by atoms with Gasteiger partial charge in [0.25, 0.3) is 0 Å². The largest absolute Gasteiger partial charge is 0.456 e. The maximum atomic E-state index is 6.48.